The van der Waals surface area contributed by atoms with Crippen LogP contribution in [0.3, 0.4) is 0 Å². The molecule has 0 fully saturated rings. The van der Waals surface area contributed by atoms with Gasteiger partial charge in [0.05, 0.1) is 11.4 Å². The third-order valence-electron chi connectivity index (χ3n) is 2.28. The van der Waals surface area contributed by atoms with Crippen LogP contribution in [0.1, 0.15) is 23.7 Å². The predicted molar refractivity (Wildman–Crippen MR) is 81.3 cm³/mol. The summed E-state index contributed by atoms with van der Waals surface area (Å²) in [5.74, 6) is -1.08. The second kappa shape index (κ2) is 7.19. The number of halogens is 5. The Morgan fingerprint density at radius 1 is 1.25 bits per heavy atom. The molecule has 0 aliphatic heterocycles. The monoisotopic (exact) mass is 376 g/mol. The van der Waals surface area contributed by atoms with Crippen LogP contribution in [0.25, 0.3) is 0 Å². The lowest BCUT2D eigenvalue weighted by molar-refractivity contribution is -0.145. The number of hydrogen-bond donors (Lipinski definition) is 0. The Balaban J connectivity index is 2.93. The van der Waals surface area contributed by atoms with Crippen molar-refractivity contribution in [3.63, 3.8) is 0 Å². The molecular formula is C12H9Cl5O3. The van der Waals surface area contributed by atoms with E-state index < -0.39 is 21.6 Å². The summed E-state index contributed by atoms with van der Waals surface area (Å²) in [6.45, 7) is 1.16. The summed E-state index contributed by atoms with van der Waals surface area (Å²) in [6, 6.07) is 4.39. The van der Waals surface area contributed by atoms with Crippen LogP contribution in [0.15, 0.2) is 18.2 Å². The fraction of sp³-hybridized carbons (Fsp3) is 0.333. The van der Waals surface area contributed by atoms with Crippen LogP contribution in [0.2, 0.25) is 10.0 Å². The van der Waals surface area contributed by atoms with Crippen LogP contribution < -0.4 is 0 Å². The molecule has 0 aliphatic rings. The van der Waals surface area contributed by atoms with Crippen LogP contribution >= 0.6 is 58.0 Å². The first kappa shape index (κ1) is 17.9. The van der Waals surface area contributed by atoms with Gasteiger partial charge < -0.3 is 4.74 Å². The van der Waals surface area contributed by atoms with E-state index in [0.29, 0.717) is 5.02 Å². The van der Waals surface area contributed by atoms with E-state index in [-0.39, 0.29) is 17.0 Å². The molecule has 110 valence electrons. The van der Waals surface area contributed by atoms with Gasteiger partial charge in [0, 0.05) is 17.5 Å². The summed E-state index contributed by atoms with van der Waals surface area (Å²) in [4.78, 5) is 23.1. The van der Waals surface area contributed by atoms with E-state index in [9.17, 15) is 9.59 Å². The molecule has 0 saturated heterocycles. The quantitative estimate of drug-likeness (QED) is 0.427. The number of alkyl halides is 3. The zero-order valence-corrected chi connectivity index (χ0v) is 13.9. The van der Waals surface area contributed by atoms with Crippen molar-refractivity contribution in [1.82, 2.24) is 0 Å². The summed E-state index contributed by atoms with van der Waals surface area (Å²) in [5.41, 5.74) is 0.211. The number of ether oxygens (including phenoxy) is 1. The highest BCUT2D eigenvalue weighted by atomic mass is 35.6. The van der Waals surface area contributed by atoms with Crippen molar-refractivity contribution in [3.8, 4) is 0 Å². The average Bonchev–Trinajstić information content (AvgIpc) is 2.25. The Kier molecular flexibility index (Phi) is 6.42. The van der Waals surface area contributed by atoms with Crippen LogP contribution in [0, 0.1) is 0 Å². The van der Waals surface area contributed by atoms with E-state index in [4.69, 9.17) is 62.7 Å². The molecule has 1 aromatic rings. The minimum Gasteiger partial charge on any atom is -0.458 e. The summed E-state index contributed by atoms with van der Waals surface area (Å²) in [6.07, 6.45) is -1.51. The van der Waals surface area contributed by atoms with Crippen molar-refractivity contribution >= 4 is 69.8 Å². The fourth-order valence-corrected chi connectivity index (χ4v) is 2.30. The largest absolute Gasteiger partial charge is 0.458 e. The van der Waals surface area contributed by atoms with E-state index in [0.717, 1.165) is 6.92 Å². The highest BCUT2D eigenvalue weighted by Gasteiger charge is 2.37. The molecule has 0 saturated carbocycles. The summed E-state index contributed by atoms with van der Waals surface area (Å²) in [7, 11) is 0. The number of benzene rings is 1. The lowest BCUT2D eigenvalue weighted by atomic mass is 10.1. The van der Waals surface area contributed by atoms with Gasteiger partial charge in [-0.25, -0.2) is 0 Å². The molecule has 3 nitrogen and oxygen atoms in total. The molecule has 8 heteroatoms. The smallest absolute Gasteiger partial charge is 0.303 e. The molecule has 20 heavy (non-hydrogen) atoms. The zero-order valence-electron chi connectivity index (χ0n) is 10.1. The van der Waals surface area contributed by atoms with Crippen LogP contribution in [-0.4, -0.2) is 21.6 Å². The maximum Gasteiger partial charge on any atom is 0.303 e. The molecule has 0 amide bonds. The Bertz CT molecular complexity index is 524. The van der Waals surface area contributed by atoms with Crippen molar-refractivity contribution in [2.45, 2.75) is 23.2 Å². The van der Waals surface area contributed by atoms with Gasteiger partial charge in [-0.3, -0.25) is 9.59 Å². The molecule has 0 heterocycles. The number of rotatable bonds is 4. The second-order valence-electron chi connectivity index (χ2n) is 3.89. The van der Waals surface area contributed by atoms with Crippen molar-refractivity contribution in [3.05, 3.63) is 33.8 Å². The van der Waals surface area contributed by atoms with E-state index in [1.165, 1.54) is 18.2 Å². The fourth-order valence-electron chi connectivity index (χ4n) is 1.42. The second-order valence-corrected chi connectivity index (χ2v) is 7.10. The van der Waals surface area contributed by atoms with E-state index in [1.54, 1.807) is 0 Å². The Morgan fingerprint density at radius 3 is 2.30 bits per heavy atom. The van der Waals surface area contributed by atoms with E-state index >= 15 is 0 Å². The maximum absolute atomic E-state index is 12.1. The minimum absolute atomic E-state index is 0.174. The molecule has 0 aliphatic carbocycles. The van der Waals surface area contributed by atoms with Gasteiger partial charge in [0.1, 0.15) is 0 Å². The van der Waals surface area contributed by atoms with Crippen LogP contribution in [0.4, 0.5) is 0 Å². The zero-order chi connectivity index (χ0) is 15.5. The molecule has 1 rings (SSSR count). The lowest BCUT2D eigenvalue weighted by Crippen LogP contribution is -2.33. The van der Waals surface area contributed by atoms with Gasteiger partial charge in [-0.15, -0.1) is 0 Å². The summed E-state index contributed by atoms with van der Waals surface area (Å²) < 4.78 is 2.93. The molecule has 0 radical (unpaired) electrons. The van der Waals surface area contributed by atoms with Gasteiger partial charge in [0.25, 0.3) is 0 Å². The number of hydrogen-bond acceptors (Lipinski definition) is 3. The van der Waals surface area contributed by atoms with Gasteiger partial charge in [-0.05, 0) is 18.2 Å². The molecule has 1 unspecified atom stereocenters. The molecule has 1 atom stereocenters. The topological polar surface area (TPSA) is 43.4 Å². The third-order valence-corrected chi connectivity index (χ3v) is 3.55. The van der Waals surface area contributed by atoms with Gasteiger partial charge >= 0.3 is 5.97 Å². The SMILES string of the molecule is CC(=O)OC(CC(=O)c1ccc(Cl)cc1Cl)C(Cl)(Cl)Cl. The van der Waals surface area contributed by atoms with Crippen molar-refractivity contribution in [2.75, 3.05) is 0 Å². The van der Waals surface area contributed by atoms with Crippen LogP contribution in [0.5, 0.6) is 0 Å². The van der Waals surface area contributed by atoms with Crippen molar-refractivity contribution < 1.29 is 14.3 Å². The lowest BCUT2D eigenvalue weighted by Gasteiger charge is -2.23. The van der Waals surface area contributed by atoms with Crippen LogP contribution in [-0.2, 0) is 9.53 Å². The molecule has 1 aromatic carbocycles. The number of carbonyl (C=O) groups excluding carboxylic acids is 2. The molecule has 0 bridgehead atoms. The minimum atomic E-state index is -1.92. The molecule has 0 spiro atoms. The highest BCUT2D eigenvalue weighted by molar-refractivity contribution is 6.68. The number of ketones is 1. The highest BCUT2D eigenvalue weighted by Crippen LogP contribution is 2.35. The Hall–Kier alpha value is -0.190. The Labute approximate surface area is 141 Å². The predicted octanol–water partition coefficient (Wildman–Crippen LogP) is 4.87. The molecular weight excluding hydrogens is 369 g/mol. The van der Waals surface area contributed by atoms with Gasteiger partial charge in [-0.2, -0.15) is 0 Å². The van der Waals surface area contributed by atoms with E-state index in [1.807, 2.05) is 0 Å². The molecule has 0 N–H and O–H groups in total. The number of esters is 1. The summed E-state index contributed by atoms with van der Waals surface area (Å²) in [5, 5.41) is 0.567. The summed E-state index contributed by atoms with van der Waals surface area (Å²) >= 11 is 28.7. The van der Waals surface area contributed by atoms with Gasteiger partial charge in [0.2, 0.25) is 3.79 Å². The first-order valence-electron chi connectivity index (χ1n) is 5.33. The third kappa shape index (κ3) is 5.30. The van der Waals surface area contributed by atoms with Gasteiger partial charge in [0.15, 0.2) is 11.9 Å². The van der Waals surface area contributed by atoms with E-state index in [2.05, 4.69) is 0 Å². The van der Waals surface area contributed by atoms with Gasteiger partial charge in [-0.1, -0.05) is 58.0 Å². The average molecular weight is 378 g/mol. The normalized spacial score (nSPS) is 12.9. The molecule has 0 aromatic heterocycles. The standard InChI is InChI=1S/C12H9Cl5O3/c1-6(18)20-11(12(15,16)17)5-10(19)8-3-2-7(13)4-9(8)14/h2-4,11H,5H2,1H3. The first-order valence-corrected chi connectivity index (χ1v) is 7.22. The number of carbonyl (C=O) groups is 2. The first-order chi connectivity index (χ1) is 9.11. The van der Waals surface area contributed by atoms with Crippen molar-refractivity contribution in [1.29, 1.82) is 0 Å². The number of Topliss-reactive ketones (excluding diaryl/α,β-unsaturated/α-hetero) is 1. The maximum atomic E-state index is 12.1. The Morgan fingerprint density at radius 2 is 1.85 bits per heavy atom. The van der Waals surface area contributed by atoms with Crippen molar-refractivity contribution in [2.24, 2.45) is 0 Å².